The summed E-state index contributed by atoms with van der Waals surface area (Å²) in [7, 11) is -2.41. The highest BCUT2D eigenvalue weighted by molar-refractivity contribution is 7.84. The molecular formula is C5H8N2O4S2. The van der Waals surface area contributed by atoms with E-state index < -0.39 is 10.3 Å². The zero-order valence-corrected chi connectivity index (χ0v) is 8.39. The number of hydrogen-bond acceptors (Lipinski definition) is 6. The first-order chi connectivity index (χ1) is 6.01. The Hall–Kier alpha value is -0.700. The lowest BCUT2D eigenvalue weighted by atomic mass is 10.6. The van der Waals surface area contributed by atoms with Gasteiger partial charge in [0.15, 0.2) is 0 Å². The van der Waals surface area contributed by atoms with Crippen molar-refractivity contribution >= 4 is 21.6 Å². The van der Waals surface area contributed by atoms with Crippen LogP contribution in [0, 0.1) is 0 Å². The maximum Gasteiger partial charge on any atom is 0.333 e. The summed E-state index contributed by atoms with van der Waals surface area (Å²) >= 11 is 1.20. The number of nitrogens with two attached hydrogens (primary N) is 1. The Bertz CT molecular complexity index is 372. The normalized spacial score (nSPS) is 11.5. The van der Waals surface area contributed by atoms with E-state index in [1.807, 2.05) is 0 Å². The second-order valence-electron chi connectivity index (χ2n) is 2.05. The molecule has 1 heterocycles. The fourth-order valence-corrected chi connectivity index (χ4v) is 1.59. The van der Waals surface area contributed by atoms with E-state index in [1.165, 1.54) is 24.6 Å². The van der Waals surface area contributed by atoms with E-state index in [0.29, 0.717) is 10.1 Å². The number of rotatable bonds is 4. The SMILES string of the molecule is COc1ncc(COS(N)(=O)=O)s1. The van der Waals surface area contributed by atoms with E-state index in [4.69, 9.17) is 4.74 Å². The van der Waals surface area contributed by atoms with Crippen LogP contribution in [0.15, 0.2) is 6.20 Å². The van der Waals surface area contributed by atoms with Crippen LogP contribution in [0.2, 0.25) is 0 Å². The molecule has 74 valence electrons. The number of ether oxygens (including phenoxy) is 1. The predicted octanol–water partition coefficient (Wildman–Crippen LogP) is -0.128. The number of thiazole rings is 1. The quantitative estimate of drug-likeness (QED) is 0.769. The Labute approximate surface area is 79.6 Å². The molecule has 0 bridgehead atoms. The number of aromatic nitrogens is 1. The first kappa shape index (κ1) is 10.4. The zero-order chi connectivity index (χ0) is 9.90. The summed E-state index contributed by atoms with van der Waals surface area (Å²) in [5.41, 5.74) is 0. The summed E-state index contributed by atoms with van der Waals surface area (Å²) in [6.07, 6.45) is 1.47. The van der Waals surface area contributed by atoms with Crippen molar-refractivity contribution in [2.45, 2.75) is 6.61 Å². The van der Waals surface area contributed by atoms with Crippen LogP contribution in [0.3, 0.4) is 0 Å². The van der Waals surface area contributed by atoms with Gasteiger partial charge in [0, 0.05) is 6.20 Å². The predicted molar refractivity (Wildman–Crippen MR) is 46.6 cm³/mol. The van der Waals surface area contributed by atoms with E-state index in [1.54, 1.807) is 0 Å². The minimum atomic E-state index is -3.88. The van der Waals surface area contributed by atoms with Crippen molar-refractivity contribution in [2.75, 3.05) is 7.11 Å². The molecule has 6 nitrogen and oxygen atoms in total. The van der Waals surface area contributed by atoms with E-state index in [2.05, 4.69) is 14.3 Å². The van der Waals surface area contributed by atoms with E-state index >= 15 is 0 Å². The van der Waals surface area contributed by atoms with Crippen LogP contribution in [0.1, 0.15) is 4.88 Å². The third-order valence-corrected chi connectivity index (χ3v) is 2.45. The Morgan fingerprint density at radius 2 is 2.38 bits per heavy atom. The van der Waals surface area contributed by atoms with Gasteiger partial charge in [-0.3, -0.25) is 4.18 Å². The molecular weight excluding hydrogens is 216 g/mol. The summed E-state index contributed by atoms with van der Waals surface area (Å²) in [4.78, 5) is 4.45. The average molecular weight is 224 g/mol. The zero-order valence-electron chi connectivity index (χ0n) is 6.76. The summed E-state index contributed by atoms with van der Waals surface area (Å²) in [5.74, 6) is 0. The Kier molecular flexibility index (Phi) is 3.20. The van der Waals surface area contributed by atoms with Gasteiger partial charge in [0.05, 0.1) is 12.0 Å². The van der Waals surface area contributed by atoms with E-state index in [-0.39, 0.29) is 6.61 Å². The van der Waals surface area contributed by atoms with Gasteiger partial charge in [-0.15, -0.1) is 0 Å². The van der Waals surface area contributed by atoms with Gasteiger partial charge in [-0.05, 0) is 0 Å². The van der Waals surface area contributed by atoms with Crippen LogP contribution in [0.25, 0.3) is 0 Å². The molecule has 0 spiro atoms. The molecule has 0 fully saturated rings. The highest BCUT2D eigenvalue weighted by atomic mass is 32.2. The second-order valence-corrected chi connectivity index (χ2v) is 4.35. The van der Waals surface area contributed by atoms with Crippen LogP contribution < -0.4 is 9.88 Å². The second kappa shape index (κ2) is 4.01. The van der Waals surface area contributed by atoms with E-state index in [9.17, 15) is 8.42 Å². The first-order valence-electron chi connectivity index (χ1n) is 3.17. The van der Waals surface area contributed by atoms with Crippen molar-refractivity contribution in [1.29, 1.82) is 0 Å². The molecule has 0 aliphatic rings. The smallest absolute Gasteiger partial charge is 0.333 e. The molecule has 1 rings (SSSR count). The highest BCUT2D eigenvalue weighted by Gasteiger charge is 2.06. The molecule has 0 unspecified atom stereocenters. The molecule has 8 heteroatoms. The highest BCUT2D eigenvalue weighted by Crippen LogP contribution is 2.20. The third-order valence-electron chi connectivity index (χ3n) is 1.07. The van der Waals surface area contributed by atoms with Crippen molar-refractivity contribution in [1.82, 2.24) is 4.98 Å². The van der Waals surface area contributed by atoms with Gasteiger partial charge in [-0.1, -0.05) is 11.3 Å². The lowest BCUT2D eigenvalue weighted by Gasteiger charge is -1.95. The van der Waals surface area contributed by atoms with Crippen molar-refractivity contribution in [3.8, 4) is 5.19 Å². The Morgan fingerprint density at radius 3 is 2.85 bits per heavy atom. The summed E-state index contributed by atoms with van der Waals surface area (Å²) in [6, 6.07) is 0. The van der Waals surface area contributed by atoms with Crippen molar-refractivity contribution in [2.24, 2.45) is 5.14 Å². The number of methoxy groups -OCH3 is 1. The maximum atomic E-state index is 10.4. The summed E-state index contributed by atoms with van der Waals surface area (Å²) in [5, 5.41) is 5.08. The Balaban J connectivity index is 2.55. The van der Waals surface area contributed by atoms with Gasteiger partial charge in [-0.25, -0.2) is 10.1 Å². The molecule has 1 aromatic heterocycles. The number of nitrogens with zero attached hydrogens (tertiary/aromatic N) is 1. The summed E-state index contributed by atoms with van der Waals surface area (Å²) in [6.45, 7) is -0.111. The molecule has 0 aliphatic carbocycles. The van der Waals surface area contributed by atoms with Crippen LogP contribution in [-0.2, 0) is 21.1 Å². The molecule has 13 heavy (non-hydrogen) atoms. The van der Waals surface area contributed by atoms with Crippen molar-refractivity contribution in [3.63, 3.8) is 0 Å². The minimum Gasteiger partial charge on any atom is -0.473 e. The molecule has 1 aromatic rings. The van der Waals surface area contributed by atoms with Gasteiger partial charge in [0.1, 0.15) is 6.61 Å². The third kappa shape index (κ3) is 3.68. The summed E-state index contributed by atoms with van der Waals surface area (Å²) < 4.78 is 29.9. The van der Waals surface area contributed by atoms with E-state index in [0.717, 1.165) is 0 Å². The lowest BCUT2D eigenvalue weighted by Crippen LogP contribution is -2.15. The molecule has 0 aromatic carbocycles. The monoisotopic (exact) mass is 224 g/mol. The van der Waals surface area contributed by atoms with Gasteiger partial charge >= 0.3 is 10.3 Å². The molecule has 0 saturated carbocycles. The van der Waals surface area contributed by atoms with Gasteiger partial charge in [0.25, 0.3) is 5.19 Å². The molecule has 2 N–H and O–H groups in total. The first-order valence-corrected chi connectivity index (χ1v) is 5.46. The van der Waals surface area contributed by atoms with Crippen LogP contribution in [-0.4, -0.2) is 20.5 Å². The van der Waals surface area contributed by atoms with Crippen LogP contribution in [0.4, 0.5) is 0 Å². The van der Waals surface area contributed by atoms with Gasteiger partial charge < -0.3 is 4.74 Å². The topological polar surface area (TPSA) is 91.5 Å². The average Bonchev–Trinajstić information content (AvgIpc) is 2.47. The van der Waals surface area contributed by atoms with Crippen molar-refractivity contribution in [3.05, 3.63) is 11.1 Å². The van der Waals surface area contributed by atoms with Crippen LogP contribution in [0.5, 0.6) is 5.19 Å². The van der Waals surface area contributed by atoms with Crippen molar-refractivity contribution < 1.29 is 17.3 Å². The van der Waals surface area contributed by atoms with Gasteiger partial charge in [-0.2, -0.15) is 8.42 Å². The largest absolute Gasteiger partial charge is 0.473 e. The lowest BCUT2D eigenvalue weighted by molar-refractivity contribution is 0.311. The molecule has 0 amide bonds. The van der Waals surface area contributed by atoms with Crippen LogP contribution >= 0.6 is 11.3 Å². The standard InChI is InChI=1S/C5H8N2O4S2/c1-10-5-7-2-4(12-5)3-11-13(6,8)9/h2H,3H2,1H3,(H2,6,8,9). The fourth-order valence-electron chi connectivity index (χ4n) is 0.591. The molecule has 0 aliphatic heterocycles. The van der Waals surface area contributed by atoms with Gasteiger partial charge in [0.2, 0.25) is 0 Å². The number of hydrogen-bond donors (Lipinski definition) is 1. The molecule has 0 atom stereocenters. The molecule has 0 saturated heterocycles. The Morgan fingerprint density at radius 1 is 1.69 bits per heavy atom. The maximum absolute atomic E-state index is 10.4. The molecule has 0 radical (unpaired) electrons. The fraction of sp³-hybridized carbons (Fsp3) is 0.400. The minimum absolute atomic E-state index is 0.111.